The summed E-state index contributed by atoms with van der Waals surface area (Å²) in [6.45, 7) is 0. The topological polar surface area (TPSA) is 0 Å². The summed E-state index contributed by atoms with van der Waals surface area (Å²) in [6, 6.07) is 50.3. The maximum Gasteiger partial charge on any atom is 0.0713 e. The summed E-state index contributed by atoms with van der Waals surface area (Å²) in [5.74, 6) is 0. The molecule has 1 aliphatic rings. The molecule has 1 heteroatoms. The van der Waals surface area contributed by atoms with Crippen LogP contribution in [0.1, 0.15) is 22.3 Å². The van der Waals surface area contributed by atoms with Gasteiger partial charge in [-0.15, -0.1) is 0 Å². The highest BCUT2D eigenvalue weighted by Crippen LogP contribution is 2.56. The van der Waals surface area contributed by atoms with Gasteiger partial charge in [0.05, 0.1) is 5.41 Å². The van der Waals surface area contributed by atoms with Crippen molar-refractivity contribution in [1.82, 2.24) is 0 Å². The van der Waals surface area contributed by atoms with Gasteiger partial charge in [-0.1, -0.05) is 133 Å². The molecule has 0 aliphatic heterocycles. The zero-order valence-corrected chi connectivity index (χ0v) is 20.4. The fourth-order valence-electron chi connectivity index (χ4n) is 6.07. The molecular formula is C35H23Cl. The summed E-state index contributed by atoms with van der Waals surface area (Å²) >= 11 is 6.74. The van der Waals surface area contributed by atoms with Gasteiger partial charge in [0.1, 0.15) is 0 Å². The van der Waals surface area contributed by atoms with Gasteiger partial charge in [-0.05, 0) is 68.1 Å². The van der Waals surface area contributed by atoms with Crippen molar-refractivity contribution in [1.29, 1.82) is 0 Å². The fourth-order valence-corrected chi connectivity index (χ4v) is 6.36. The van der Waals surface area contributed by atoms with Crippen LogP contribution in [-0.4, -0.2) is 0 Å². The predicted molar refractivity (Wildman–Crippen MR) is 152 cm³/mol. The lowest BCUT2D eigenvalue weighted by Crippen LogP contribution is -2.28. The normalized spacial score (nSPS) is 13.4. The van der Waals surface area contributed by atoms with Gasteiger partial charge < -0.3 is 0 Å². The van der Waals surface area contributed by atoms with Crippen LogP contribution in [0.3, 0.4) is 0 Å². The number of halogens is 1. The first-order valence-corrected chi connectivity index (χ1v) is 12.7. The maximum atomic E-state index is 6.74. The summed E-state index contributed by atoms with van der Waals surface area (Å²) < 4.78 is 0. The molecule has 0 atom stereocenters. The standard InChI is InChI=1S/C35H23Cl/c36-34-23-26(21-25-11-4-5-16-29(25)34)24-12-10-15-28(22-24)35(27-13-2-1-3-14-27)32-19-8-6-17-30(32)31-18-7-9-20-33(31)35/h1-23H. The minimum Gasteiger partial charge on any atom is -0.0836 e. The molecular weight excluding hydrogens is 456 g/mol. The first-order valence-electron chi connectivity index (χ1n) is 12.3. The Hall–Kier alpha value is -4.13. The van der Waals surface area contributed by atoms with E-state index in [0.717, 1.165) is 26.9 Å². The molecule has 6 aromatic carbocycles. The number of hydrogen-bond acceptors (Lipinski definition) is 0. The Balaban J connectivity index is 1.53. The molecule has 0 heterocycles. The summed E-state index contributed by atoms with van der Waals surface area (Å²) in [6.07, 6.45) is 0. The van der Waals surface area contributed by atoms with E-state index in [9.17, 15) is 0 Å². The largest absolute Gasteiger partial charge is 0.0836 e. The van der Waals surface area contributed by atoms with Gasteiger partial charge in [0.15, 0.2) is 0 Å². The molecule has 0 saturated carbocycles. The molecule has 1 aliphatic carbocycles. The van der Waals surface area contributed by atoms with Crippen LogP contribution in [0.15, 0.2) is 140 Å². The summed E-state index contributed by atoms with van der Waals surface area (Å²) in [4.78, 5) is 0. The van der Waals surface area contributed by atoms with Crippen molar-refractivity contribution >= 4 is 22.4 Å². The van der Waals surface area contributed by atoms with Crippen molar-refractivity contribution in [3.8, 4) is 22.3 Å². The van der Waals surface area contributed by atoms with E-state index in [-0.39, 0.29) is 0 Å². The zero-order valence-electron chi connectivity index (χ0n) is 19.7. The van der Waals surface area contributed by atoms with E-state index in [1.165, 1.54) is 33.4 Å². The highest BCUT2D eigenvalue weighted by molar-refractivity contribution is 6.36. The van der Waals surface area contributed by atoms with Gasteiger partial charge in [-0.3, -0.25) is 0 Å². The van der Waals surface area contributed by atoms with Crippen molar-refractivity contribution in [2.24, 2.45) is 0 Å². The van der Waals surface area contributed by atoms with Crippen molar-refractivity contribution < 1.29 is 0 Å². The molecule has 0 spiro atoms. The third kappa shape index (κ3) is 3.02. The SMILES string of the molecule is Clc1cc(-c2cccc(C3(c4ccccc4)c4ccccc4-c4ccccc43)c2)cc2ccccc12. The van der Waals surface area contributed by atoms with Crippen LogP contribution in [0.25, 0.3) is 33.0 Å². The van der Waals surface area contributed by atoms with Crippen LogP contribution >= 0.6 is 11.6 Å². The van der Waals surface area contributed by atoms with Crippen molar-refractivity contribution in [2.45, 2.75) is 5.41 Å². The smallest absolute Gasteiger partial charge is 0.0713 e. The van der Waals surface area contributed by atoms with E-state index >= 15 is 0 Å². The Morgan fingerprint density at radius 1 is 0.444 bits per heavy atom. The average molecular weight is 479 g/mol. The Kier molecular flexibility index (Phi) is 4.84. The van der Waals surface area contributed by atoms with Gasteiger partial charge >= 0.3 is 0 Å². The highest BCUT2D eigenvalue weighted by Gasteiger charge is 2.45. The van der Waals surface area contributed by atoms with E-state index < -0.39 is 5.41 Å². The van der Waals surface area contributed by atoms with Gasteiger partial charge in [0.2, 0.25) is 0 Å². The molecule has 0 amide bonds. The summed E-state index contributed by atoms with van der Waals surface area (Å²) in [5, 5.41) is 3.01. The average Bonchev–Trinajstić information content (AvgIpc) is 3.25. The Labute approximate surface area is 216 Å². The van der Waals surface area contributed by atoms with Crippen LogP contribution in [-0.2, 0) is 5.41 Å². The fraction of sp³-hybridized carbons (Fsp3) is 0.0286. The molecule has 7 rings (SSSR count). The minimum atomic E-state index is -0.398. The van der Waals surface area contributed by atoms with E-state index in [2.05, 4.69) is 133 Å². The van der Waals surface area contributed by atoms with Crippen LogP contribution in [0, 0.1) is 0 Å². The third-order valence-electron chi connectivity index (χ3n) is 7.60. The van der Waals surface area contributed by atoms with Crippen LogP contribution in [0.2, 0.25) is 5.02 Å². The van der Waals surface area contributed by atoms with Crippen molar-refractivity contribution in [2.75, 3.05) is 0 Å². The number of hydrogen-bond donors (Lipinski definition) is 0. The maximum absolute atomic E-state index is 6.74. The quantitative estimate of drug-likeness (QED) is 0.237. The van der Waals surface area contributed by atoms with Crippen molar-refractivity contribution in [3.63, 3.8) is 0 Å². The van der Waals surface area contributed by atoms with E-state index in [4.69, 9.17) is 11.6 Å². The lowest BCUT2D eigenvalue weighted by molar-refractivity contribution is 0.769. The Bertz CT molecular complexity index is 1700. The minimum absolute atomic E-state index is 0.398. The number of fused-ring (bicyclic) bond motifs is 4. The van der Waals surface area contributed by atoms with E-state index in [1.807, 2.05) is 6.07 Å². The molecule has 0 fully saturated rings. The van der Waals surface area contributed by atoms with Gasteiger partial charge in [0, 0.05) is 10.4 Å². The predicted octanol–water partition coefficient (Wildman–Crippen LogP) is 9.52. The molecule has 0 saturated heterocycles. The first-order chi connectivity index (χ1) is 17.8. The molecule has 0 radical (unpaired) electrons. The van der Waals surface area contributed by atoms with E-state index in [0.29, 0.717) is 0 Å². The van der Waals surface area contributed by atoms with Gasteiger partial charge in [-0.25, -0.2) is 0 Å². The second-order valence-electron chi connectivity index (χ2n) is 9.47. The lowest BCUT2D eigenvalue weighted by atomic mass is 9.67. The molecule has 0 N–H and O–H groups in total. The first kappa shape index (κ1) is 21.2. The lowest BCUT2D eigenvalue weighted by Gasteiger charge is -2.34. The van der Waals surface area contributed by atoms with Crippen LogP contribution in [0.5, 0.6) is 0 Å². The number of benzene rings is 6. The van der Waals surface area contributed by atoms with Crippen LogP contribution < -0.4 is 0 Å². The molecule has 36 heavy (non-hydrogen) atoms. The molecule has 170 valence electrons. The molecule has 0 aromatic heterocycles. The molecule has 0 unspecified atom stereocenters. The highest BCUT2D eigenvalue weighted by atomic mass is 35.5. The molecule has 0 bridgehead atoms. The summed E-state index contributed by atoms with van der Waals surface area (Å²) in [5.41, 5.74) is 9.68. The van der Waals surface area contributed by atoms with Crippen molar-refractivity contribution in [3.05, 3.63) is 167 Å². The Morgan fingerprint density at radius 3 is 1.81 bits per heavy atom. The third-order valence-corrected chi connectivity index (χ3v) is 7.91. The molecule has 6 aromatic rings. The van der Waals surface area contributed by atoms with Gasteiger partial charge in [0.25, 0.3) is 0 Å². The van der Waals surface area contributed by atoms with Gasteiger partial charge in [-0.2, -0.15) is 0 Å². The monoisotopic (exact) mass is 478 g/mol. The van der Waals surface area contributed by atoms with Crippen LogP contribution in [0.4, 0.5) is 0 Å². The second kappa shape index (κ2) is 8.22. The zero-order chi connectivity index (χ0) is 24.1. The number of rotatable bonds is 3. The second-order valence-corrected chi connectivity index (χ2v) is 9.87. The summed E-state index contributed by atoms with van der Waals surface area (Å²) in [7, 11) is 0. The molecule has 0 nitrogen and oxygen atoms in total. The van der Waals surface area contributed by atoms with E-state index in [1.54, 1.807) is 0 Å². The Morgan fingerprint density at radius 2 is 1.06 bits per heavy atom.